The number of anilines is 1. The van der Waals surface area contributed by atoms with Gasteiger partial charge in [-0.1, -0.05) is 5.16 Å². The summed E-state index contributed by atoms with van der Waals surface area (Å²) in [6.45, 7) is 0. The molecule has 0 aliphatic heterocycles. The van der Waals surface area contributed by atoms with Crippen molar-refractivity contribution in [2.75, 3.05) is 19.1 Å². The van der Waals surface area contributed by atoms with Crippen molar-refractivity contribution in [1.29, 1.82) is 0 Å². The van der Waals surface area contributed by atoms with Crippen LogP contribution in [0.25, 0.3) is 0 Å². The molecule has 0 unspecified atom stereocenters. The van der Waals surface area contributed by atoms with E-state index < -0.39 is 0 Å². The van der Waals surface area contributed by atoms with Crippen molar-refractivity contribution < 1.29 is 14.7 Å². The highest BCUT2D eigenvalue weighted by Gasteiger charge is 2.12. The summed E-state index contributed by atoms with van der Waals surface area (Å²) in [5.74, 6) is 0.340. The molecule has 0 aromatic heterocycles. The van der Waals surface area contributed by atoms with Gasteiger partial charge in [-0.3, -0.25) is 4.79 Å². The zero-order chi connectivity index (χ0) is 12.8. The van der Waals surface area contributed by atoms with Gasteiger partial charge in [0.25, 0.3) is 0 Å². The van der Waals surface area contributed by atoms with Crippen molar-refractivity contribution in [3.05, 3.63) is 24.3 Å². The molecule has 0 atom stereocenters. The van der Waals surface area contributed by atoms with E-state index in [1.54, 1.807) is 38.4 Å². The van der Waals surface area contributed by atoms with Crippen molar-refractivity contribution in [3.8, 4) is 5.75 Å². The number of oxime groups is 1. The van der Waals surface area contributed by atoms with E-state index in [1.165, 1.54) is 4.90 Å². The molecule has 0 radical (unpaired) electrons. The Labute approximate surface area is 99.3 Å². The first-order valence-electron chi connectivity index (χ1n) is 4.95. The Balaban J connectivity index is 2.74. The fraction of sp³-hybridized carbons (Fsp3) is 0.273. The standard InChI is InChI=1S/C11H15N3O3/c1-14(11(15)7-10(12)13-16)8-3-5-9(17-2)6-4-8/h3-6,16H,7H2,1-2H3,(H2,12,13). The molecule has 0 spiro atoms. The second-order valence-corrected chi connectivity index (χ2v) is 3.42. The van der Waals surface area contributed by atoms with Gasteiger partial charge in [0.15, 0.2) is 0 Å². The van der Waals surface area contributed by atoms with Crippen LogP contribution < -0.4 is 15.4 Å². The summed E-state index contributed by atoms with van der Waals surface area (Å²) in [4.78, 5) is 13.1. The molecule has 0 heterocycles. The van der Waals surface area contributed by atoms with E-state index in [0.717, 1.165) is 0 Å². The first-order chi connectivity index (χ1) is 8.08. The minimum Gasteiger partial charge on any atom is -0.497 e. The number of hydrogen-bond donors (Lipinski definition) is 2. The van der Waals surface area contributed by atoms with E-state index in [9.17, 15) is 4.79 Å². The SMILES string of the molecule is COc1ccc(N(C)C(=O)CC(N)=NO)cc1. The second-order valence-electron chi connectivity index (χ2n) is 3.42. The lowest BCUT2D eigenvalue weighted by Crippen LogP contribution is -2.30. The van der Waals surface area contributed by atoms with Crippen LogP contribution >= 0.6 is 0 Å². The summed E-state index contributed by atoms with van der Waals surface area (Å²) in [6, 6.07) is 7.01. The number of hydrogen-bond acceptors (Lipinski definition) is 4. The maximum atomic E-state index is 11.7. The summed E-state index contributed by atoms with van der Waals surface area (Å²) in [5.41, 5.74) is 5.98. The Bertz CT molecular complexity index is 414. The largest absolute Gasteiger partial charge is 0.497 e. The van der Waals surface area contributed by atoms with Crippen LogP contribution in [0, 0.1) is 0 Å². The van der Waals surface area contributed by atoms with E-state index in [-0.39, 0.29) is 18.2 Å². The van der Waals surface area contributed by atoms with Crippen LogP contribution in [0.2, 0.25) is 0 Å². The van der Waals surface area contributed by atoms with Crippen molar-refractivity contribution >= 4 is 17.4 Å². The maximum absolute atomic E-state index is 11.7. The molecule has 0 aliphatic carbocycles. The molecule has 0 fully saturated rings. The van der Waals surface area contributed by atoms with Gasteiger partial charge in [0.05, 0.1) is 13.5 Å². The maximum Gasteiger partial charge on any atom is 0.234 e. The number of nitrogens with zero attached hydrogens (tertiary/aromatic N) is 2. The Morgan fingerprint density at radius 2 is 2.06 bits per heavy atom. The number of nitrogens with two attached hydrogens (primary N) is 1. The number of amidine groups is 1. The number of carbonyl (C=O) groups is 1. The van der Waals surface area contributed by atoms with Crippen LogP contribution in [0.15, 0.2) is 29.4 Å². The molecular formula is C11H15N3O3. The molecule has 1 amide bonds. The molecule has 92 valence electrons. The summed E-state index contributed by atoms with van der Waals surface area (Å²) in [5, 5.41) is 11.1. The highest BCUT2D eigenvalue weighted by Crippen LogP contribution is 2.18. The van der Waals surface area contributed by atoms with Gasteiger partial charge in [-0.15, -0.1) is 0 Å². The van der Waals surface area contributed by atoms with E-state index in [0.29, 0.717) is 11.4 Å². The smallest absolute Gasteiger partial charge is 0.234 e. The fourth-order valence-electron chi connectivity index (χ4n) is 1.26. The molecule has 0 saturated heterocycles. The summed E-state index contributed by atoms with van der Waals surface area (Å²) < 4.78 is 5.02. The van der Waals surface area contributed by atoms with Gasteiger partial charge in [0, 0.05) is 12.7 Å². The lowest BCUT2D eigenvalue weighted by atomic mass is 10.2. The number of amides is 1. The average molecular weight is 237 g/mol. The van der Waals surface area contributed by atoms with Gasteiger partial charge >= 0.3 is 0 Å². The molecule has 3 N–H and O–H groups in total. The third kappa shape index (κ3) is 3.37. The minimum atomic E-state index is -0.259. The van der Waals surface area contributed by atoms with Crippen LogP contribution in [0.3, 0.4) is 0 Å². The lowest BCUT2D eigenvalue weighted by Gasteiger charge is -2.17. The Morgan fingerprint density at radius 3 is 2.53 bits per heavy atom. The third-order valence-corrected chi connectivity index (χ3v) is 2.29. The molecule has 0 saturated carbocycles. The van der Waals surface area contributed by atoms with Crippen LogP contribution in [0.4, 0.5) is 5.69 Å². The van der Waals surface area contributed by atoms with Crippen molar-refractivity contribution in [3.63, 3.8) is 0 Å². The number of methoxy groups -OCH3 is 1. The highest BCUT2D eigenvalue weighted by molar-refractivity contribution is 6.05. The second kappa shape index (κ2) is 5.74. The normalized spacial score (nSPS) is 11.1. The van der Waals surface area contributed by atoms with Gasteiger partial charge in [0.2, 0.25) is 5.91 Å². The molecule has 17 heavy (non-hydrogen) atoms. The van der Waals surface area contributed by atoms with E-state index in [2.05, 4.69) is 5.16 Å². The molecule has 1 aromatic rings. The molecule has 0 bridgehead atoms. The quantitative estimate of drug-likeness (QED) is 0.351. The van der Waals surface area contributed by atoms with Gasteiger partial charge < -0.3 is 20.6 Å². The van der Waals surface area contributed by atoms with E-state index >= 15 is 0 Å². The third-order valence-electron chi connectivity index (χ3n) is 2.29. The number of rotatable bonds is 4. The summed E-state index contributed by atoms with van der Waals surface area (Å²) in [6.07, 6.45) is -0.126. The summed E-state index contributed by atoms with van der Waals surface area (Å²) in [7, 11) is 3.19. The predicted octanol–water partition coefficient (Wildman–Crippen LogP) is 0.794. The average Bonchev–Trinajstić information content (AvgIpc) is 2.37. The zero-order valence-corrected chi connectivity index (χ0v) is 9.75. The highest BCUT2D eigenvalue weighted by atomic mass is 16.5. The molecule has 1 aromatic carbocycles. The molecular weight excluding hydrogens is 222 g/mol. The monoisotopic (exact) mass is 237 g/mol. The van der Waals surface area contributed by atoms with E-state index in [1.807, 2.05) is 0 Å². The first kappa shape index (κ1) is 12.8. The van der Waals surface area contributed by atoms with Gasteiger partial charge in [-0.25, -0.2) is 0 Å². The van der Waals surface area contributed by atoms with Gasteiger partial charge in [-0.2, -0.15) is 0 Å². The zero-order valence-electron chi connectivity index (χ0n) is 9.75. The van der Waals surface area contributed by atoms with Crippen LogP contribution in [0.5, 0.6) is 5.75 Å². The topological polar surface area (TPSA) is 88.2 Å². The number of carbonyl (C=O) groups excluding carboxylic acids is 1. The predicted molar refractivity (Wildman–Crippen MR) is 64.4 cm³/mol. The molecule has 0 aliphatic rings. The molecule has 6 heteroatoms. The lowest BCUT2D eigenvalue weighted by molar-refractivity contribution is -0.117. The van der Waals surface area contributed by atoms with Crippen molar-refractivity contribution in [2.45, 2.75) is 6.42 Å². The summed E-state index contributed by atoms with van der Waals surface area (Å²) >= 11 is 0. The van der Waals surface area contributed by atoms with E-state index in [4.69, 9.17) is 15.7 Å². The van der Waals surface area contributed by atoms with Gasteiger partial charge in [-0.05, 0) is 24.3 Å². The van der Waals surface area contributed by atoms with Crippen molar-refractivity contribution in [2.24, 2.45) is 10.9 Å². The number of ether oxygens (including phenoxy) is 1. The van der Waals surface area contributed by atoms with Gasteiger partial charge in [0.1, 0.15) is 11.6 Å². The minimum absolute atomic E-state index is 0.115. The fourth-order valence-corrected chi connectivity index (χ4v) is 1.26. The molecule has 1 rings (SSSR count). The van der Waals surface area contributed by atoms with Crippen LogP contribution in [0.1, 0.15) is 6.42 Å². The molecule has 6 nitrogen and oxygen atoms in total. The van der Waals surface area contributed by atoms with Crippen molar-refractivity contribution in [1.82, 2.24) is 0 Å². The Morgan fingerprint density at radius 1 is 1.47 bits per heavy atom. The van der Waals surface area contributed by atoms with Crippen LogP contribution in [-0.4, -0.2) is 31.1 Å². The number of benzene rings is 1. The first-order valence-corrected chi connectivity index (χ1v) is 4.95. The Hall–Kier alpha value is -2.24. The Kier molecular flexibility index (Phi) is 4.33. The van der Waals surface area contributed by atoms with Crippen LogP contribution in [-0.2, 0) is 4.79 Å².